The lowest BCUT2D eigenvalue weighted by Gasteiger charge is -2.43. The number of aryl methyl sites for hydroxylation is 1. The van der Waals surface area contributed by atoms with E-state index in [1.165, 1.54) is 33.4 Å². The molecular formula is C30H31ClF2N4O2. The molecule has 0 spiro atoms. The summed E-state index contributed by atoms with van der Waals surface area (Å²) in [5.74, 6) is -1.24. The van der Waals surface area contributed by atoms with Gasteiger partial charge in [-0.15, -0.1) is 0 Å². The Hall–Kier alpha value is -3.62. The van der Waals surface area contributed by atoms with Crippen LogP contribution in [-0.4, -0.2) is 50.9 Å². The molecule has 6 nitrogen and oxygen atoms in total. The van der Waals surface area contributed by atoms with Gasteiger partial charge in [0.05, 0.1) is 10.7 Å². The van der Waals surface area contributed by atoms with Crippen LogP contribution >= 0.6 is 11.6 Å². The van der Waals surface area contributed by atoms with Crippen molar-refractivity contribution >= 4 is 17.3 Å². The number of anilines is 1. The maximum absolute atomic E-state index is 14.9. The van der Waals surface area contributed by atoms with E-state index in [9.17, 15) is 18.7 Å². The summed E-state index contributed by atoms with van der Waals surface area (Å²) in [5.41, 5.74) is 2.17. The van der Waals surface area contributed by atoms with Crippen molar-refractivity contribution in [3.63, 3.8) is 0 Å². The zero-order valence-electron chi connectivity index (χ0n) is 22.4. The molecule has 1 aliphatic heterocycles. The molecule has 1 aromatic heterocycles. The minimum atomic E-state index is -0.582. The van der Waals surface area contributed by atoms with Crippen molar-refractivity contribution in [3.8, 4) is 33.7 Å². The molecule has 204 valence electrons. The van der Waals surface area contributed by atoms with E-state index >= 15 is 0 Å². The summed E-state index contributed by atoms with van der Waals surface area (Å²) in [6, 6.07) is 11.8. The van der Waals surface area contributed by atoms with Crippen molar-refractivity contribution in [2.45, 2.75) is 26.3 Å². The Balaban J connectivity index is 1.50. The zero-order valence-corrected chi connectivity index (χ0v) is 23.1. The zero-order chi connectivity index (χ0) is 28.1. The number of imidazole rings is 1. The lowest BCUT2D eigenvalue weighted by molar-refractivity contribution is 0.128. The molecule has 2 heterocycles. The van der Waals surface area contributed by atoms with Crippen LogP contribution in [0, 0.1) is 11.6 Å². The van der Waals surface area contributed by atoms with E-state index in [4.69, 9.17) is 11.6 Å². The maximum Gasteiger partial charge on any atom is 0.332 e. The molecule has 4 aromatic rings. The van der Waals surface area contributed by atoms with Gasteiger partial charge in [0.25, 0.3) is 0 Å². The average Bonchev–Trinajstić information content (AvgIpc) is 3.22. The van der Waals surface area contributed by atoms with Gasteiger partial charge in [-0.25, -0.2) is 13.6 Å². The Morgan fingerprint density at radius 3 is 2.08 bits per heavy atom. The number of halogens is 3. The maximum atomic E-state index is 14.9. The van der Waals surface area contributed by atoms with Crippen molar-refractivity contribution < 1.29 is 13.9 Å². The van der Waals surface area contributed by atoms with Gasteiger partial charge in [0.15, 0.2) is 0 Å². The molecule has 0 radical (unpaired) electrons. The molecule has 0 saturated carbocycles. The highest BCUT2D eigenvalue weighted by atomic mass is 35.5. The van der Waals surface area contributed by atoms with Crippen LogP contribution in [0.15, 0.2) is 65.7 Å². The first-order chi connectivity index (χ1) is 18.4. The summed E-state index contributed by atoms with van der Waals surface area (Å²) >= 11 is 6.51. The second-order valence-corrected chi connectivity index (χ2v) is 11.3. The van der Waals surface area contributed by atoms with Crippen LogP contribution in [0.25, 0.3) is 27.9 Å². The Labute approximate surface area is 231 Å². The molecule has 3 aromatic carbocycles. The molecule has 1 aliphatic rings. The van der Waals surface area contributed by atoms with E-state index in [0.29, 0.717) is 22.5 Å². The van der Waals surface area contributed by atoms with Crippen molar-refractivity contribution in [1.29, 1.82) is 0 Å². The van der Waals surface area contributed by atoms with Gasteiger partial charge in [-0.3, -0.25) is 9.47 Å². The quantitative estimate of drug-likeness (QED) is 0.334. The fourth-order valence-electron chi connectivity index (χ4n) is 5.10. The fourth-order valence-corrected chi connectivity index (χ4v) is 5.38. The second kappa shape index (κ2) is 10.2. The van der Waals surface area contributed by atoms with Crippen molar-refractivity contribution in [2.75, 3.05) is 31.1 Å². The van der Waals surface area contributed by atoms with Gasteiger partial charge < -0.3 is 14.6 Å². The van der Waals surface area contributed by atoms with E-state index in [0.717, 1.165) is 26.2 Å². The third-order valence-corrected chi connectivity index (χ3v) is 7.63. The van der Waals surface area contributed by atoms with Gasteiger partial charge in [-0.2, -0.15) is 0 Å². The van der Waals surface area contributed by atoms with Crippen LogP contribution in [-0.2, 0) is 7.05 Å². The normalized spacial score (nSPS) is 14.7. The number of aromatic hydroxyl groups is 1. The standard InChI is InChI=1S/C30H31ClF2N4O2/c1-30(2,3)36-10-8-35(9-11-36)23-14-20(13-21(32)16-23)25-18-22(33)17-24(28(25)38)19-5-6-27(26(31)15-19)37-12-7-34(4)29(37)39/h5-7,12-18,38H,8-11H2,1-4H3. The number of piperazine rings is 1. The van der Waals surface area contributed by atoms with Crippen LogP contribution in [0.5, 0.6) is 5.75 Å². The highest BCUT2D eigenvalue weighted by Gasteiger charge is 2.26. The van der Waals surface area contributed by atoms with Crippen LogP contribution in [0.2, 0.25) is 5.02 Å². The number of hydrogen-bond donors (Lipinski definition) is 1. The monoisotopic (exact) mass is 552 g/mol. The SMILES string of the molecule is Cn1ccn(-c2ccc(-c3cc(F)cc(-c4cc(F)cc(N5CCN(C(C)(C)C)CC5)c4)c3O)cc2Cl)c1=O. The van der Waals surface area contributed by atoms with Crippen molar-refractivity contribution in [1.82, 2.24) is 14.0 Å². The summed E-state index contributed by atoms with van der Waals surface area (Å²) in [6.07, 6.45) is 3.22. The number of phenolic OH excluding ortho intramolecular Hbond substituents is 1. The summed E-state index contributed by atoms with van der Waals surface area (Å²) in [6.45, 7) is 9.68. The third kappa shape index (κ3) is 5.31. The predicted molar refractivity (Wildman–Crippen MR) is 152 cm³/mol. The van der Waals surface area contributed by atoms with Gasteiger partial charge in [0, 0.05) is 68.0 Å². The molecule has 0 bridgehead atoms. The number of phenols is 1. The molecule has 39 heavy (non-hydrogen) atoms. The van der Waals surface area contributed by atoms with E-state index in [1.54, 1.807) is 43.7 Å². The summed E-state index contributed by atoms with van der Waals surface area (Å²) < 4.78 is 32.5. The molecule has 0 atom stereocenters. The number of hydrogen-bond acceptors (Lipinski definition) is 4. The smallest absolute Gasteiger partial charge is 0.332 e. The highest BCUT2D eigenvalue weighted by Crippen LogP contribution is 2.41. The largest absolute Gasteiger partial charge is 0.507 e. The van der Waals surface area contributed by atoms with Crippen LogP contribution in [0.3, 0.4) is 0 Å². The fraction of sp³-hybridized carbons (Fsp3) is 0.300. The van der Waals surface area contributed by atoms with Gasteiger partial charge in [-0.05, 0) is 74.4 Å². The van der Waals surface area contributed by atoms with Gasteiger partial charge in [0.1, 0.15) is 17.4 Å². The molecule has 0 aliphatic carbocycles. The molecule has 0 unspecified atom stereocenters. The molecule has 9 heteroatoms. The summed E-state index contributed by atoms with van der Waals surface area (Å²) in [4.78, 5) is 16.8. The van der Waals surface area contributed by atoms with Crippen molar-refractivity contribution in [3.05, 3.63) is 88.1 Å². The number of benzene rings is 3. The Morgan fingerprint density at radius 2 is 1.49 bits per heavy atom. The highest BCUT2D eigenvalue weighted by molar-refractivity contribution is 6.32. The topological polar surface area (TPSA) is 53.6 Å². The van der Waals surface area contributed by atoms with E-state index in [1.807, 2.05) is 0 Å². The summed E-state index contributed by atoms with van der Waals surface area (Å²) in [7, 11) is 1.64. The van der Waals surface area contributed by atoms with Crippen molar-refractivity contribution in [2.24, 2.45) is 7.05 Å². The third-order valence-electron chi connectivity index (χ3n) is 7.33. The van der Waals surface area contributed by atoms with Gasteiger partial charge >= 0.3 is 5.69 Å². The average molecular weight is 553 g/mol. The first kappa shape index (κ1) is 27.0. The molecular weight excluding hydrogens is 522 g/mol. The van der Waals surface area contributed by atoms with Crippen LogP contribution < -0.4 is 10.6 Å². The first-order valence-corrected chi connectivity index (χ1v) is 13.2. The molecule has 1 N–H and O–H groups in total. The number of rotatable bonds is 4. The minimum absolute atomic E-state index is 0.0566. The van der Waals surface area contributed by atoms with E-state index in [-0.39, 0.29) is 33.1 Å². The number of aromatic nitrogens is 2. The Bertz CT molecular complexity index is 1600. The summed E-state index contributed by atoms with van der Waals surface area (Å²) in [5, 5.41) is 11.5. The lowest BCUT2D eigenvalue weighted by atomic mass is 9.96. The lowest BCUT2D eigenvalue weighted by Crippen LogP contribution is -2.53. The predicted octanol–water partition coefficient (Wildman–Crippen LogP) is 6.07. The van der Waals surface area contributed by atoms with Crippen LogP contribution in [0.4, 0.5) is 14.5 Å². The Morgan fingerprint density at radius 1 is 0.846 bits per heavy atom. The van der Waals surface area contributed by atoms with E-state index < -0.39 is 11.6 Å². The second-order valence-electron chi connectivity index (χ2n) is 10.9. The van der Waals surface area contributed by atoms with E-state index in [2.05, 4.69) is 30.6 Å². The number of nitrogens with zero attached hydrogens (tertiary/aromatic N) is 4. The molecule has 5 rings (SSSR count). The van der Waals surface area contributed by atoms with Gasteiger partial charge in [-0.1, -0.05) is 17.7 Å². The molecule has 0 amide bonds. The first-order valence-electron chi connectivity index (χ1n) is 12.8. The minimum Gasteiger partial charge on any atom is -0.507 e. The Kier molecular flexibility index (Phi) is 7.03. The molecule has 1 fully saturated rings. The van der Waals surface area contributed by atoms with Crippen LogP contribution in [0.1, 0.15) is 20.8 Å². The molecule has 1 saturated heterocycles. The van der Waals surface area contributed by atoms with Gasteiger partial charge in [0.2, 0.25) is 0 Å².